The van der Waals surface area contributed by atoms with Crippen molar-refractivity contribution >= 4 is 11.9 Å². The van der Waals surface area contributed by atoms with Crippen LogP contribution in [0.3, 0.4) is 0 Å². The van der Waals surface area contributed by atoms with Crippen LogP contribution >= 0.6 is 0 Å². The number of carboxylic acids is 1. The van der Waals surface area contributed by atoms with E-state index in [1.807, 2.05) is 36.5 Å². The molecular weight excluding hydrogens is 486 g/mol. The van der Waals surface area contributed by atoms with E-state index in [0.717, 1.165) is 49.2 Å². The molecule has 0 radical (unpaired) electrons. The lowest BCUT2D eigenvalue weighted by Crippen LogP contribution is -2.32. The second kappa shape index (κ2) is 10.8. The Balaban J connectivity index is 1.25. The van der Waals surface area contributed by atoms with Crippen LogP contribution in [0.4, 0.5) is 0 Å². The van der Waals surface area contributed by atoms with Gasteiger partial charge in [-0.2, -0.15) is 0 Å². The number of carbonyl (C=O) groups is 2. The van der Waals surface area contributed by atoms with Crippen LogP contribution in [0.2, 0.25) is 0 Å². The summed E-state index contributed by atoms with van der Waals surface area (Å²) in [6.07, 6.45) is 5.44. The van der Waals surface area contributed by atoms with Gasteiger partial charge in [-0.25, -0.2) is 4.79 Å². The van der Waals surface area contributed by atoms with Gasteiger partial charge in [0.15, 0.2) is 0 Å². The summed E-state index contributed by atoms with van der Waals surface area (Å²) in [6.45, 7) is 2.94. The highest BCUT2D eigenvalue weighted by Gasteiger charge is 2.43. The van der Waals surface area contributed by atoms with Crippen LogP contribution in [-0.4, -0.2) is 33.4 Å². The molecule has 6 heteroatoms. The van der Waals surface area contributed by atoms with Crippen LogP contribution in [0, 0.1) is 5.92 Å². The van der Waals surface area contributed by atoms with Crippen molar-refractivity contribution in [1.29, 1.82) is 0 Å². The topological polar surface area (TPSA) is 82.5 Å². The third kappa shape index (κ3) is 5.47. The average Bonchev–Trinajstić information content (AvgIpc) is 3.78. The predicted molar refractivity (Wildman–Crippen MR) is 150 cm³/mol. The number of carbonyl (C=O) groups excluding carboxylic acids is 1. The molecule has 6 nitrogen and oxygen atoms in total. The molecule has 0 spiro atoms. The van der Waals surface area contributed by atoms with E-state index in [9.17, 15) is 14.7 Å². The van der Waals surface area contributed by atoms with Gasteiger partial charge in [-0.05, 0) is 75.9 Å². The zero-order valence-electron chi connectivity index (χ0n) is 21.7. The molecule has 1 saturated carbocycles. The lowest BCUT2D eigenvalue weighted by atomic mass is 9.87. The van der Waals surface area contributed by atoms with Crippen molar-refractivity contribution in [1.82, 2.24) is 15.2 Å². The van der Waals surface area contributed by atoms with Gasteiger partial charge in [-0.15, -0.1) is 0 Å². The van der Waals surface area contributed by atoms with Crippen molar-refractivity contribution in [3.63, 3.8) is 0 Å². The molecule has 2 atom stereocenters. The summed E-state index contributed by atoms with van der Waals surface area (Å²) >= 11 is 0. The molecule has 196 valence electrons. The maximum Gasteiger partial charge on any atom is 0.335 e. The van der Waals surface area contributed by atoms with Gasteiger partial charge in [-0.3, -0.25) is 14.7 Å². The molecule has 0 unspecified atom stereocenters. The fourth-order valence-corrected chi connectivity index (χ4v) is 5.80. The van der Waals surface area contributed by atoms with E-state index >= 15 is 0 Å². The third-order valence-corrected chi connectivity index (χ3v) is 7.95. The first-order valence-electron chi connectivity index (χ1n) is 13.5. The first kappa shape index (κ1) is 25.0. The molecule has 4 aromatic rings. The molecule has 2 N–H and O–H groups in total. The van der Waals surface area contributed by atoms with Gasteiger partial charge in [0.05, 0.1) is 5.56 Å². The van der Waals surface area contributed by atoms with Crippen molar-refractivity contribution in [2.24, 2.45) is 5.92 Å². The summed E-state index contributed by atoms with van der Waals surface area (Å²) in [6, 6.07) is 25.6. The highest BCUT2D eigenvalue weighted by atomic mass is 16.4. The van der Waals surface area contributed by atoms with E-state index in [2.05, 4.69) is 45.5 Å². The second-order valence-electron chi connectivity index (χ2n) is 10.5. The van der Waals surface area contributed by atoms with E-state index in [1.54, 1.807) is 24.4 Å². The van der Waals surface area contributed by atoms with Gasteiger partial charge in [-0.1, -0.05) is 60.7 Å². The predicted octanol–water partition coefficient (Wildman–Crippen LogP) is 5.43. The highest BCUT2D eigenvalue weighted by Crippen LogP contribution is 2.47. The van der Waals surface area contributed by atoms with Gasteiger partial charge >= 0.3 is 5.97 Å². The summed E-state index contributed by atoms with van der Waals surface area (Å²) in [4.78, 5) is 31.3. The van der Waals surface area contributed by atoms with Crippen LogP contribution in [0.1, 0.15) is 50.5 Å². The van der Waals surface area contributed by atoms with E-state index in [-0.39, 0.29) is 17.4 Å². The molecule has 1 aliphatic heterocycles. The summed E-state index contributed by atoms with van der Waals surface area (Å²) in [5, 5.41) is 12.7. The van der Waals surface area contributed by atoms with Gasteiger partial charge in [0.25, 0.3) is 0 Å². The van der Waals surface area contributed by atoms with Crippen molar-refractivity contribution in [3.05, 3.63) is 125 Å². The van der Waals surface area contributed by atoms with Crippen molar-refractivity contribution in [2.75, 3.05) is 6.54 Å². The second-order valence-corrected chi connectivity index (χ2v) is 10.5. The minimum absolute atomic E-state index is 0.0309. The fraction of sp³-hybridized carbons (Fsp3) is 0.242. The number of nitrogens with zero attached hydrogens (tertiary/aromatic N) is 2. The molecule has 0 saturated heterocycles. The Morgan fingerprint density at radius 2 is 1.85 bits per heavy atom. The van der Waals surface area contributed by atoms with Gasteiger partial charge in [0.1, 0.15) is 0 Å². The molecule has 39 heavy (non-hydrogen) atoms. The zero-order valence-corrected chi connectivity index (χ0v) is 21.7. The first-order chi connectivity index (χ1) is 19.1. The Morgan fingerprint density at radius 1 is 0.974 bits per heavy atom. The number of nitrogens with one attached hydrogen (secondary N) is 1. The van der Waals surface area contributed by atoms with Gasteiger partial charge in [0, 0.05) is 44.5 Å². The largest absolute Gasteiger partial charge is 0.478 e. The Morgan fingerprint density at radius 3 is 2.64 bits per heavy atom. The van der Waals surface area contributed by atoms with Gasteiger partial charge < -0.3 is 10.4 Å². The maximum absolute atomic E-state index is 13.0. The number of benzene rings is 3. The van der Waals surface area contributed by atoms with Gasteiger partial charge in [0.2, 0.25) is 5.91 Å². The van der Waals surface area contributed by atoms with Crippen LogP contribution in [-0.2, 0) is 30.8 Å². The minimum Gasteiger partial charge on any atom is -0.478 e. The maximum atomic E-state index is 13.0. The zero-order chi connectivity index (χ0) is 26.8. The minimum atomic E-state index is -0.929. The third-order valence-electron chi connectivity index (χ3n) is 7.95. The number of hydrogen-bond acceptors (Lipinski definition) is 4. The molecule has 1 amide bonds. The summed E-state index contributed by atoms with van der Waals surface area (Å²) in [7, 11) is 0. The smallest absolute Gasteiger partial charge is 0.335 e. The van der Waals surface area contributed by atoms with Crippen LogP contribution in [0.25, 0.3) is 11.1 Å². The molecule has 1 aromatic heterocycles. The number of rotatable bonds is 8. The van der Waals surface area contributed by atoms with E-state index < -0.39 is 5.97 Å². The number of pyridine rings is 1. The van der Waals surface area contributed by atoms with E-state index in [4.69, 9.17) is 0 Å². The van der Waals surface area contributed by atoms with Crippen LogP contribution in [0.5, 0.6) is 0 Å². The normalized spacial score (nSPS) is 18.3. The lowest BCUT2D eigenvalue weighted by molar-refractivity contribution is -0.122. The van der Waals surface area contributed by atoms with E-state index in [0.29, 0.717) is 12.5 Å². The molecule has 0 bridgehead atoms. The van der Waals surface area contributed by atoms with Crippen LogP contribution in [0.15, 0.2) is 91.3 Å². The Hall–Kier alpha value is -4.29. The first-order valence-corrected chi connectivity index (χ1v) is 13.5. The quantitative estimate of drug-likeness (QED) is 0.326. The number of hydrogen-bond donors (Lipinski definition) is 2. The SMILES string of the molecule is O=C(O)c1cccc(-c2ccc(CNC(=O)[C@H]3C[C@@H]3c3ccccc3)c3c2CCN(Cc2cccnc2)C3)c1. The monoisotopic (exact) mass is 517 g/mol. The molecule has 1 aliphatic carbocycles. The van der Waals surface area contributed by atoms with Crippen LogP contribution < -0.4 is 5.32 Å². The number of carboxylic acid groups (broad SMARTS) is 1. The lowest BCUT2D eigenvalue weighted by Gasteiger charge is -2.32. The molecule has 3 aromatic carbocycles. The number of amides is 1. The molecule has 2 heterocycles. The summed E-state index contributed by atoms with van der Waals surface area (Å²) < 4.78 is 0. The van der Waals surface area contributed by atoms with E-state index in [1.165, 1.54) is 22.3 Å². The number of aromatic carboxylic acids is 1. The standard InChI is InChI=1S/C33H31N3O3/c37-32(30-17-29(30)23-7-2-1-3-8-23)35-19-26-11-12-27(24-9-4-10-25(16-24)33(38)39)28-13-15-36(21-31(26)28)20-22-6-5-14-34-18-22/h1-12,14,16,18,29-30H,13,15,17,19-21H2,(H,35,37)(H,38,39)/t29-,30+/m1/s1. The molecule has 6 rings (SSSR count). The summed E-state index contributed by atoms with van der Waals surface area (Å²) in [5.41, 5.74) is 8.23. The van der Waals surface area contributed by atoms with Crippen molar-refractivity contribution in [2.45, 2.75) is 38.4 Å². The summed E-state index contributed by atoms with van der Waals surface area (Å²) in [5.74, 6) is -0.484. The molecule has 1 fully saturated rings. The fourth-order valence-electron chi connectivity index (χ4n) is 5.80. The average molecular weight is 518 g/mol. The Bertz CT molecular complexity index is 1500. The number of aromatic nitrogens is 1. The number of fused-ring (bicyclic) bond motifs is 1. The molecule has 2 aliphatic rings. The highest BCUT2D eigenvalue weighted by molar-refractivity contribution is 5.89. The van der Waals surface area contributed by atoms with Crippen molar-refractivity contribution in [3.8, 4) is 11.1 Å². The Labute approximate surface area is 228 Å². The molecular formula is C33H31N3O3. The van der Waals surface area contributed by atoms with Crippen molar-refractivity contribution < 1.29 is 14.7 Å². The Kier molecular flexibility index (Phi) is 6.95.